The summed E-state index contributed by atoms with van der Waals surface area (Å²) < 4.78 is 65.1. The molecule has 0 aliphatic carbocycles. The van der Waals surface area contributed by atoms with E-state index in [1.807, 2.05) is 19.1 Å². The van der Waals surface area contributed by atoms with Crippen molar-refractivity contribution in [2.45, 2.75) is 30.8 Å². The fourth-order valence-corrected chi connectivity index (χ4v) is 4.98. The SMILES string of the molecule is Cc1ccc(NC(=O)NCC2CCCN(S(=O)(=O)c3ccc(C(F)(F)F)cc3)C2)cc1. The maximum Gasteiger partial charge on any atom is 0.416 e. The van der Waals surface area contributed by atoms with E-state index in [0.29, 0.717) is 12.1 Å². The molecule has 0 aromatic heterocycles. The monoisotopic (exact) mass is 455 g/mol. The first-order chi connectivity index (χ1) is 14.6. The number of hydrogen-bond acceptors (Lipinski definition) is 3. The summed E-state index contributed by atoms with van der Waals surface area (Å²) in [5, 5.41) is 5.47. The van der Waals surface area contributed by atoms with E-state index in [1.165, 1.54) is 4.31 Å². The van der Waals surface area contributed by atoms with E-state index in [2.05, 4.69) is 10.6 Å². The number of carbonyl (C=O) groups excluding carboxylic acids is 1. The molecule has 1 atom stereocenters. The number of amides is 2. The summed E-state index contributed by atoms with van der Waals surface area (Å²) in [5.74, 6) is -0.0956. The highest BCUT2D eigenvalue weighted by molar-refractivity contribution is 7.89. The zero-order chi connectivity index (χ0) is 22.6. The summed E-state index contributed by atoms with van der Waals surface area (Å²) in [7, 11) is -3.91. The number of nitrogens with one attached hydrogen (secondary N) is 2. The van der Waals surface area contributed by atoms with Crippen LogP contribution >= 0.6 is 0 Å². The number of carbonyl (C=O) groups is 1. The predicted octanol–water partition coefficient (Wildman–Crippen LogP) is 4.24. The average molecular weight is 456 g/mol. The van der Waals surface area contributed by atoms with Crippen molar-refractivity contribution in [1.82, 2.24) is 9.62 Å². The smallest absolute Gasteiger partial charge is 0.338 e. The molecule has 10 heteroatoms. The number of aryl methyl sites for hydroxylation is 1. The standard InChI is InChI=1S/C21H24F3N3O3S/c1-15-4-8-18(9-5-15)26-20(28)25-13-16-3-2-12-27(14-16)31(29,30)19-10-6-17(7-11-19)21(22,23)24/h4-11,16H,2-3,12-14H2,1H3,(H2,25,26,28). The van der Waals surface area contributed by atoms with Crippen molar-refractivity contribution in [3.05, 3.63) is 59.7 Å². The van der Waals surface area contributed by atoms with Gasteiger partial charge in [0.25, 0.3) is 0 Å². The van der Waals surface area contributed by atoms with Gasteiger partial charge in [-0.05, 0) is 62.1 Å². The molecular formula is C21H24F3N3O3S. The molecule has 6 nitrogen and oxygen atoms in total. The lowest BCUT2D eigenvalue weighted by Crippen LogP contribution is -2.44. The lowest BCUT2D eigenvalue weighted by Gasteiger charge is -2.32. The minimum atomic E-state index is -4.52. The Morgan fingerprint density at radius 2 is 1.74 bits per heavy atom. The third-order valence-electron chi connectivity index (χ3n) is 5.16. The van der Waals surface area contributed by atoms with Crippen molar-refractivity contribution in [3.63, 3.8) is 0 Å². The van der Waals surface area contributed by atoms with Crippen LogP contribution < -0.4 is 10.6 Å². The van der Waals surface area contributed by atoms with Gasteiger partial charge in [0.05, 0.1) is 10.5 Å². The minimum Gasteiger partial charge on any atom is -0.338 e. The van der Waals surface area contributed by atoms with Gasteiger partial charge in [-0.25, -0.2) is 13.2 Å². The number of halogens is 3. The van der Waals surface area contributed by atoms with Gasteiger partial charge in [0, 0.05) is 25.3 Å². The molecule has 0 spiro atoms. The van der Waals surface area contributed by atoms with E-state index in [9.17, 15) is 26.4 Å². The molecule has 1 saturated heterocycles. The summed E-state index contributed by atoms with van der Waals surface area (Å²) in [5.41, 5.74) is 0.826. The molecular weight excluding hydrogens is 431 g/mol. The number of urea groups is 1. The van der Waals surface area contributed by atoms with Crippen LogP contribution in [0.4, 0.5) is 23.7 Å². The number of anilines is 1. The van der Waals surface area contributed by atoms with Gasteiger partial charge < -0.3 is 10.6 Å². The summed E-state index contributed by atoms with van der Waals surface area (Å²) in [6.07, 6.45) is -3.18. The molecule has 1 unspecified atom stereocenters. The second-order valence-electron chi connectivity index (χ2n) is 7.59. The van der Waals surface area contributed by atoms with Gasteiger partial charge in [0.15, 0.2) is 0 Å². The van der Waals surface area contributed by atoms with Crippen LogP contribution in [0.25, 0.3) is 0 Å². The van der Waals surface area contributed by atoms with Gasteiger partial charge in [-0.1, -0.05) is 17.7 Å². The highest BCUT2D eigenvalue weighted by atomic mass is 32.2. The quantitative estimate of drug-likeness (QED) is 0.708. The minimum absolute atomic E-state index is 0.0956. The average Bonchev–Trinajstić information content (AvgIpc) is 2.73. The first kappa shape index (κ1) is 23.1. The van der Waals surface area contributed by atoms with Crippen LogP contribution in [0.2, 0.25) is 0 Å². The van der Waals surface area contributed by atoms with Gasteiger partial charge in [0.1, 0.15) is 0 Å². The van der Waals surface area contributed by atoms with Crippen LogP contribution in [0.15, 0.2) is 53.4 Å². The van der Waals surface area contributed by atoms with Gasteiger partial charge in [-0.15, -0.1) is 0 Å². The molecule has 2 aromatic carbocycles. The lowest BCUT2D eigenvalue weighted by atomic mass is 10.00. The molecule has 1 aliphatic heterocycles. The van der Waals surface area contributed by atoms with Crippen LogP contribution in [0.1, 0.15) is 24.0 Å². The van der Waals surface area contributed by atoms with Crippen LogP contribution in [-0.2, 0) is 16.2 Å². The van der Waals surface area contributed by atoms with E-state index in [4.69, 9.17) is 0 Å². The summed E-state index contributed by atoms with van der Waals surface area (Å²) in [6.45, 7) is 2.71. The molecule has 0 radical (unpaired) electrons. The molecule has 0 saturated carbocycles. The van der Waals surface area contributed by atoms with E-state index in [-0.39, 0.29) is 36.5 Å². The van der Waals surface area contributed by atoms with Crippen LogP contribution in [0.5, 0.6) is 0 Å². The Bertz CT molecular complexity index is 1010. The summed E-state index contributed by atoms with van der Waals surface area (Å²) >= 11 is 0. The van der Waals surface area contributed by atoms with Crippen molar-refractivity contribution in [2.24, 2.45) is 5.92 Å². The van der Waals surface area contributed by atoms with E-state index < -0.39 is 21.8 Å². The number of nitrogens with zero attached hydrogens (tertiary/aromatic N) is 1. The zero-order valence-electron chi connectivity index (χ0n) is 16.9. The van der Waals surface area contributed by atoms with Gasteiger partial charge >= 0.3 is 12.2 Å². The topological polar surface area (TPSA) is 78.5 Å². The molecule has 0 bridgehead atoms. The van der Waals surface area contributed by atoms with Gasteiger partial charge in [-0.3, -0.25) is 0 Å². The number of alkyl halides is 3. The normalized spacial score (nSPS) is 17.9. The summed E-state index contributed by atoms with van der Waals surface area (Å²) in [6, 6.07) is 10.4. The van der Waals surface area contributed by atoms with E-state index in [0.717, 1.165) is 36.2 Å². The Balaban J connectivity index is 1.57. The number of piperidine rings is 1. The first-order valence-electron chi connectivity index (χ1n) is 9.84. The van der Waals surface area contributed by atoms with Crippen molar-refractivity contribution >= 4 is 21.7 Å². The molecule has 1 heterocycles. The van der Waals surface area contributed by atoms with Gasteiger partial charge in [0.2, 0.25) is 10.0 Å². The molecule has 2 N–H and O–H groups in total. The summed E-state index contributed by atoms with van der Waals surface area (Å²) in [4.78, 5) is 11.9. The van der Waals surface area contributed by atoms with E-state index in [1.54, 1.807) is 12.1 Å². The number of benzene rings is 2. The Labute approximate surface area is 179 Å². The fraction of sp³-hybridized carbons (Fsp3) is 0.381. The second-order valence-corrected chi connectivity index (χ2v) is 9.53. The Morgan fingerprint density at radius 1 is 1.10 bits per heavy atom. The van der Waals surface area contributed by atoms with Crippen molar-refractivity contribution < 1.29 is 26.4 Å². The molecule has 168 valence electrons. The predicted molar refractivity (Wildman–Crippen MR) is 111 cm³/mol. The molecule has 1 aliphatic rings. The maximum absolute atomic E-state index is 12.8. The third kappa shape index (κ3) is 5.98. The van der Waals surface area contributed by atoms with Crippen molar-refractivity contribution in [3.8, 4) is 0 Å². The molecule has 31 heavy (non-hydrogen) atoms. The van der Waals surface area contributed by atoms with Gasteiger partial charge in [-0.2, -0.15) is 17.5 Å². The maximum atomic E-state index is 12.8. The number of hydrogen-bond donors (Lipinski definition) is 2. The largest absolute Gasteiger partial charge is 0.416 e. The molecule has 2 aromatic rings. The number of sulfonamides is 1. The lowest BCUT2D eigenvalue weighted by molar-refractivity contribution is -0.137. The highest BCUT2D eigenvalue weighted by Crippen LogP contribution is 2.31. The first-order valence-corrected chi connectivity index (χ1v) is 11.3. The van der Waals surface area contributed by atoms with Crippen LogP contribution in [-0.4, -0.2) is 38.4 Å². The third-order valence-corrected chi connectivity index (χ3v) is 7.04. The molecule has 1 fully saturated rings. The highest BCUT2D eigenvalue weighted by Gasteiger charge is 2.33. The Kier molecular flexibility index (Phi) is 6.90. The van der Waals surface area contributed by atoms with E-state index >= 15 is 0 Å². The Morgan fingerprint density at radius 3 is 2.35 bits per heavy atom. The van der Waals surface area contributed by atoms with Crippen molar-refractivity contribution in [2.75, 3.05) is 25.0 Å². The fourth-order valence-electron chi connectivity index (χ4n) is 3.43. The van der Waals surface area contributed by atoms with Crippen LogP contribution in [0, 0.1) is 12.8 Å². The van der Waals surface area contributed by atoms with Crippen LogP contribution in [0.3, 0.4) is 0 Å². The number of rotatable bonds is 5. The molecule has 2 amide bonds. The van der Waals surface area contributed by atoms with Crippen molar-refractivity contribution in [1.29, 1.82) is 0 Å². The Hall–Kier alpha value is -2.59. The molecule has 3 rings (SSSR count). The zero-order valence-corrected chi connectivity index (χ0v) is 17.8. The second kappa shape index (κ2) is 9.27.